The maximum atomic E-state index is 9.45. The highest BCUT2D eigenvalue weighted by molar-refractivity contribution is 5.33. The average molecular weight is 263 g/mol. The summed E-state index contributed by atoms with van der Waals surface area (Å²) in [6.07, 6.45) is 2.60. The fourth-order valence-electron chi connectivity index (χ4n) is 2.49. The lowest BCUT2D eigenvalue weighted by atomic mass is 9.85. The molecule has 0 bridgehead atoms. The summed E-state index contributed by atoms with van der Waals surface area (Å²) in [5, 5.41) is 9.45. The molecular formula is C16H25NO2. The minimum Gasteiger partial charge on any atom is -0.489 e. The van der Waals surface area contributed by atoms with Crippen molar-refractivity contribution in [1.82, 2.24) is 4.90 Å². The average Bonchev–Trinajstić information content (AvgIpc) is 2.39. The Labute approximate surface area is 116 Å². The lowest BCUT2D eigenvalue weighted by Gasteiger charge is -2.30. The largest absolute Gasteiger partial charge is 0.489 e. The topological polar surface area (TPSA) is 32.7 Å². The predicted molar refractivity (Wildman–Crippen MR) is 77.7 cm³/mol. The van der Waals surface area contributed by atoms with Crippen LogP contribution in [0.3, 0.4) is 0 Å². The van der Waals surface area contributed by atoms with Gasteiger partial charge in [0.25, 0.3) is 0 Å². The third kappa shape index (κ3) is 3.71. The molecule has 1 aliphatic heterocycles. The Morgan fingerprint density at radius 2 is 2.21 bits per heavy atom. The zero-order valence-electron chi connectivity index (χ0n) is 12.2. The van der Waals surface area contributed by atoms with Crippen LogP contribution in [0.5, 0.6) is 5.75 Å². The Balaban J connectivity index is 2.07. The molecule has 3 heteroatoms. The lowest BCUT2D eigenvalue weighted by Crippen LogP contribution is -2.38. The van der Waals surface area contributed by atoms with E-state index in [1.807, 2.05) is 26.0 Å². The van der Waals surface area contributed by atoms with Crippen molar-refractivity contribution in [3.63, 3.8) is 0 Å². The first-order valence-corrected chi connectivity index (χ1v) is 7.08. The SMILES string of the molecule is CN1CCCC(Oc2cccc(C(C)(C)CO)c2)C1. The molecule has 1 fully saturated rings. The Hall–Kier alpha value is -1.06. The molecule has 106 valence electrons. The Bertz CT molecular complexity index is 417. The molecule has 0 spiro atoms. The van der Waals surface area contributed by atoms with Gasteiger partial charge in [-0.25, -0.2) is 0 Å². The van der Waals surface area contributed by atoms with Gasteiger partial charge in [0.1, 0.15) is 11.9 Å². The molecular weight excluding hydrogens is 238 g/mol. The van der Waals surface area contributed by atoms with Gasteiger partial charge in [-0.05, 0) is 44.1 Å². The van der Waals surface area contributed by atoms with Crippen LogP contribution in [-0.2, 0) is 5.41 Å². The summed E-state index contributed by atoms with van der Waals surface area (Å²) in [6.45, 7) is 6.38. The van der Waals surface area contributed by atoms with E-state index in [9.17, 15) is 5.11 Å². The number of likely N-dealkylation sites (tertiary alicyclic amines) is 1. The predicted octanol–water partition coefficient (Wildman–Crippen LogP) is 2.43. The summed E-state index contributed by atoms with van der Waals surface area (Å²) < 4.78 is 6.08. The molecule has 1 N–H and O–H groups in total. The van der Waals surface area contributed by atoms with Gasteiger partial charge in [0.2, 0.25) is 0 Å². The summed E-state index contributed by atoms with van der Waals surface area (Å²) in [6, 6.07) is 8.13. The minimum absolute atomic E-state index is 0.141. The van der Waals surface area contributed by atoms with Gasteiger partial charge in [0.05, 0.1) is 6.61 Å². The molecule has 1 unspecified atom stereocenters. The van der Waals surface area contributed by atoms with Crippen LogP contribution in [0.2, 0.25) is 0 Å². The maximum Gasteiger partial charge on any atom is 0.120 e. The number of likely N-dealkylation sites (N-methyl/N-ethyl adjacent to an activating group) is 1. The number of ether oxygens (including phenoxy) is 1. The summed E-state index contributed by atoms with van der Waals surface area (Å²) >= 11 is 0. The van der Waals surface area contributed by atoms with Crippen molar-refractivity contribution in [1.29, 1.82) is 0 Å². The van der Waals surface area contributed by atoms with Crippen molar-refractivity contribution in [3.8, 4) is 5.75 Å². The number of aliphatic hydroxyl groups excluding tert-OH is 1. The van der Waals surface area contributed by atoms with Crippen molar-refractivity contribution in [2.24, 2.45) is 0 Å². The van der Waals surface area contributed by atoms with Crippen LogP contribution in [-0.4, -0.2) is 42.9 Å². The van der Waals surface area contributed by atoms with Gasteiger partial charge >= 0.3 is 0 Å². The molecule has 1 saturated heterocycles. The second-order valence-electron chi connectivity index (χ2n) is 6.21. The lowest BCUT2D eigenvalue weighted by molar-refractivity contribution is 0.104. The van der Waals surface area contributed by atoms with Gasteiger partial charge in [-0.3, -0.25) is 0 Å². The second kappa shape index (κ2) is 5.93. The highest BCUT2D eigenvalue weighted by Gasteiger charge is 2.21. The van der Waals surface area contributed by atoms with Gasteiger partial charge in [-0.2, -0.15) is 0 Å². The molecule has 0 aromatic heterocycles. The van der Waals surface area contributed by atoms with Crippen LogP contribution in [0.25, 0.3) is 0 Å². The zero-order chi connectivity index (χ0) is 13.9. The number of hydrogen-bond acceptors (Lipinski definition) is 3. The molecule has 0 radical (unpaired) electrons. The number of piperidine rings is 1. The molecule has 19 heavy (non-hydrogen) atoms. The molecule has 2 rings (SSSR count). The smallest absolute Gasteiger partial charge is 0.120 e. The van der Waals surface area contributed by atoms with Crippen LogP contribution in [0.15, 0.2) is 24.3 Å². The van der Waals surface area contributed by atoms with Crippen LogP contribution < -0.4 is 4.74 Å². The number of benzene rings is 1. The van der Waals surface area contributed by atoms with Gasteiger partial charge in [-0.1, -0.05) is 26.0 Å². The number of aliphatic hydroxyl groups is 1. The molecule has 1 atom stereocenters. The first-order valence-electron chi connectivity index (χ1n) is 7.08. The Morgan fingerprint density at radius 1 is 1.42 bits per heavy atom. The highest BCUT2D eigenvalue weighted by atomic mass is 16.5. The van der Waals surface area contributed by atoms with E-state index in [1.54, 1.807) is 0 Å². The summed E-state index contributed by atoms with van der Waals surface area (Å²) in [4.78, 5) is 2.32. The maximum absolute atomic E-state index is 9.45. The molecule has 1 aromatic rings. The summed E-state index contributed by atoms with van der Waals surface area (Å²) in [5.74, 6) is 0.916. The highest BCUT2D eigenvalue weighted by Crippen LogP contribution is 2.27. The first-order chi connectivity index (χ1) is 9.01. The molecule has 0 amide bonds. The van der Waals surface area contributed by atoms with E-state index in [1.165, 1.54) is 6.42 Å². The zero-order valence-corrected chi connectivity index (χ0v) is 12.2. The van der Waals surface area contributed by atoms with Crippen molar-refractivity contribution < 1.29 is 9.84 Å². The number of hydrogen-bond donors (Lipinski definition) is 1. The third-order valence-electron chi connectivity index (χ3n) is 3.89. The summed E-state index contributed by atoms with van der Waals surface area (Å²) in [5.41, 5.74) is 0.902. The van der Waals surface area contributed by atoms with Crippen LogP contribution in [0.4, 0.5) is 0 Å². The van der Waals surface area contributed by atoms with Gasteiger partial charge in [0, 0.05) is 12.0 Å². The molecule has 1 aliphatic rings. The number of rotatable bonds is 4. The molecule has 1 heterocycles. The van der Waals surface area contributed by atoms with Crippen LogP contribution in [0, 0.1) is 0 Å². The van der Waals surface area contributed by atoms with Crippen molar-refractivity contribution in [3.05, 3.63) is 29.8 Å². The fourth-order valence-corrected chi connectivity index (χ4v) is 2.49. The monoisotopic (exact) mass is 263 g/mol. The standard InChI is InChI=1S/C16H25NO2/c1-16(2,12-18)13-6-4-7-14(10-13)19-15-8-5-9-17(3)11-15/h4,6-7,10,15,18H,5,8-9,11-12H2,1-3H3. The van der Waals surface area contributed by atoms with Gasteiger partial charge < -0.3 is 14.7 Å². The second-order valence-corrected chi connectivity index (χ2v) is 6.21. The molecule has 0 saturated carbocycles. The van der Waals surface area contributed by atoms with E-state index in [0.29, 0.717) is 0 Å². The molecule has 3 nitrogen and oxygen atoms in total. The quantitative estimate of drug-likeness (QED) is 0.905. The van der Waals surface area contributed by atoms with E-state index in [-0.39, 0.29) is 18.1 Å². The Kier molecular flexibility index (Phi) is 4.48. The van der Waals surface area contributed by atoms with Gasteiger partial charge in [-0.15, -0.1) is 0 Å². The van der Waals surface area contributed by atoms with Crippen molar-refractivity contribution in [2.45, 2.75) is 38.2 Å². The van der Waals surface area contributed by atoms with Crippen molar-refractivity contribution >= 4 is 0 Å². The van der Waals surface area contributed by atoms with Crippen LogP contribution >= 0.6 is 0 Å². The van der Waals surface area contributed by atoms with E-state index in [2.05, 4.69) is 24.1 Å². The van der Waals surface area contributed by atoms with Crippen LogP contribution in [0.1, 0.15) is 32.3 Å². The van der Waals surface area contributed by atoms with Gasteiger partial charge in [0.15, 0.2) is 0 Å². The van der Waals surface area contributed by atoms with E-state index in [4.69, 9.17) is 4.74 Å². The van der Waals surface area contributed by atoms with E-state index in [0.717, 1.165) is 30.8 Å². The summed E-state index contributed by atoms with van der Waals surface area (Å²) in [7, 11) is 2.14. The van der Waals surface area contributed by atoms with E-state index < -0.39 is 0 Å². The molecule has 0 aliphatic carbocycles. The number of nitrogens with zero attached hydrogens (tertiary/aromatic N) is 1. The normalized spacial score (nSPS) is 21.4. The third-order valence-corrected chi connectivity index (χ3v) is 3.89. The minimum atomic E-state index is -0.220. The van der Waals surface area contributed by atoms with Crippen molar-refractivity contribution in [2.75, 3.05) is 26.7 Å². The fraction of sp³-hybridized carbons (Fsp3) is 0.625. The first kappa shape index (κ1) is 14.4. The Morgan fingerprint density at radius 3 is 2.89 bits per heavy atom. The van der Waals surface area contributed by atoms with E-state index >= 15 is 0 Å². The molecule has 1 aromatic carbocycles.